The third kappa shape index (κ3) is 4.66. The number of nitriles is 1. The summed E-state index contributed by atoms with van der Waals surface area (Å²) in [5.41, 5.74) is 5.07. The van der Waals surface area contributed by atoms with Gasteiger partial charge in [-0.3, -0.25) is 9.69 Å². The van der Waals surface area contributed by atoms with E-state index in [-0.39, 0.29) is 5.91 Å². The summed E-state index contributed by atoms with van der Waals surface area (Å²) in [5, 5.41) is 12.0. The summed E-state index contributed by atoms with van der Waals surface area (Å²) in [4.78, 5) is 17.0. The first-order valence-electron chi connectivity index (χ1n) is 9.41. The Labute approximate surface area is 161 Å². The van der Waals surface area contributed by atoms with E-state index < -0.39 is 0 Å². The van der Waals surface area contributed by atoms with E-state index in [2.05, 4.69) is 53.2 Å². The molecule has 5 heteroatoms. The molecule has 3 rings (SSSR count). The van der Waals surface area contributed by atoms with Crippen molar-refractivity contribution in [2.24, 2.45) is 0 Å². The zero-order valence-corrected chi connectivity index (χ0v) is 16.0. The van der Waals surface area contributed by atoms with Crippen LogP contribution in [0, 0.1) is 25.2 Å². The van der Waals surface area contributed by atoms with Crippen molar-refractivity contribution in [3.05, 3.63) is 59.2 Å². The highest BCUT2D eigenvalue weighted by atomic mass is 16.1. The SMILES string of the molecule is Cc1cccc(N2CCN(CCC(=O)Nc3ccccc3C#N)CC2)c1C. The van der Waals surface area contributed by atoms with Gasteiger partial charge in [-0.05, 0) is 43.2 Å². The Bertz CT molecular complexity index is 848. The summed E-state index contributed by atoms with van der Waals surface area (Å²) in [7, 11) is 0. The van der Waals surface area contributed by atoms with Crippen molar-refractivity contribution < 1.29 is 4.79 Å². The van der Waals surface area contributed by atoms with Gasteiger partial charge in [0.05, 0.1) is 11.3 Å². The molecule has 1 aliphatic heterocycles. The van der Waals surface area contributed by atoms with Crippen LogP contribution in [0.4, 0.5) is 11.4 Å². The van der Waals surface area contributed by atoms with Gasteiger partial charge in [0, 0.05) is 44.8 Å². The maximum absolute atomic E-state index is 12.2. The van der Waals surface area contributed by atoms with E-state index in [0.717, 1.165) is 32.7 Å². The number of carbonyl (C=O) groups excluding carboxylic acids is 1. The molecule has 0 saturated carbocycles. The maximum atomic E-state index is 12.2. The van der Waals surface area contributed by atoms with E-state index in [0.29, 0.717) is 17.7 Å². The number of nitrogens with one attached hydrogen (secondary N) is 1. The molecule has 1 saturated heterocycles. The molecule has 5 nitrogen and oxygen atoms in total. The Morgan fingerprint density at radius 3 is 2.56 bits per heavy atom. The number of hydrogen-bond donors (Lipinski definition) is 1. The smallest absolute Gasteiger partial charge is 0.225 e. The van der Waals surface area contributed by atoms with E-state index >= 15 is 0 Å². The Balaban J connectivity index is 1.48. The summed E-state index contributed by atoms with van der Waals surface area (Å²) >= 11 is 0. The van der Waals surface area contributed by atoms with Gasteiger partial charge in [-0.15, -0.1) is 0 Å². The van der Waals surface area contributed by atoms with Crippen LogP contribution in [-0.4, -0.2) is 43.5 Å². The second-order valence-corrected chi connectivity index (χ2v) is 7.00. The number of amides is 1. The fourth-order valence-corrected chi connectivity index (χ4v) is 3.45. The molecular formula is C22H26N4O. The van der Waals surface area contributed by atoms with Gasteiger partial charge in [0.25, 0.3) is 0 Å². The van der Waals surface area contributed by atoms with E-state index in [1.807, 2.05) is 6.07 Å². The Morgan fingerprint density at radius 1 is 1.07 bits per heavy atom. The summed E-state index contributed by atoms with van der Waals surface area (Å²) in [6.07, 6.45) is 0.434. The topological polar surface area (TPSA) is 59.4 Å². The van der Waals surface area contributed by atoms with E-state index in [1.54, 1.807) is 18.2 Å². The highest BCUT2D eigenvalue weighted by Crippen LogP contribution is 2.24. The minimum Gasteiger partial charge on any atom is -0.369 e. The van der Waals surface area contributed by atoms with Crippen molar-refractivity contribution in [3.63, 3.8) is 0 Å². The molecule has 0 spiro atoms. The number of carbonyl (C=O) groups is 1. The van der Waals surface area contributed by atoms with Crippen LogP contribution in [-0.2, 0) is 4.79 Å². The standard InChI is InChI=1S/C22H26N4O/c1-17-6-5-9-21(18(17)2)26-14-12-25(13-15-26)11-10-22(27)24-20-8-4-3-7-19(20)16-23/h3-9H,10-15H2,1-2H3,(H,24,27). The lowest BCUT2D eigenvalue weighted by Gasteiger charge is -2.37. The number of nitrogens with zero attached hydrogens (tertiary/aromatic N) is 3. The van der Waals surface area contributed by atoms with Crippen molar-refractivity contribution in [1.82, 2.24) is 4.90 Å². The average molecular weight is 362 g/mol. The summed E-state index contributed by atoms with van der Waals surface area (Å²) < 4.78 is 0. The second kappa shape index (κ2) is 8.70. The average Bonchev–Trinajstić information content (AvgIpc) is 2.69. The molecule has 0 bridgehead atoms. The summed E-state index contributed by atoms with van der Waals surface area (Å²) in [6.45, 7) is 8.93. The molecule has 1 fully saturated rings. The predicted molar refractivity (Wildman–Crippen MR) is 109 cm³/mol. The number of anilines is 2. The van der Waals surface area contributed by atoms with Crippen LogP contribution in [0.3, 0.4) is 0 Å². The number of aryl methyl sites for hydroxylation is 1. The van der Waals surface area contributed by atoms with Crippen LogP contribution in [0.25, 0.3) is 0 Å². The first-order valence-corrected chi connectivity index (χ1v) is 9.41. The van der Waals surface area contributed by atoms with Crippen LogP contribution in [0.1, 0.15) is 23.1 Å². The lowest BCUT2D eigenvalue weighted by Crippen LogP contribution is -2.47. The molecule has 0 radical (unpaired) electrons. The Morgan fingerprint density at radius 2 is 1.81 bits per heavy atom. The minimum atomic E-state index is -0.0466. The minimum absolute atomic E-state index is 0.0466. The lowest BCUT2D eigenvalue weighted by molar-refractivity contribution is -0.116. The molecule has 0 aromatic heterocycles. The Hall–Kier alpha value is -2.84. The number of benzene rings is 2. The normalized spacial score (nSPS) is 14.6. The molecule has 2 aromatic rings. The first-order chi connectivity index (χ1) is 13.1. The molecule has 1 heterocycles. The van der Waals surface area contributed by atoms with Gasteiger partial charge < -0.3 is 10.2 Å². The molecule has 27 heavy (non-hydrogen) atoms. The fraction of sp³-hybridized carbons (Fsp3) is 0.364. The van der Waals surface area contributed by atoms with Crippen LogP contribution in [0.15, 0.2) is 42.5 Å². The van der Waals surface area contributed by atoms with Gasteiger partial charge >= 0.3 is 0 Å². The maximum Gasteiger partial charge on any atom is 0.225 e. The molecule has 0 atom stereocenters. The van der Waals surface area contributed by atoms with Gasteiger partial charge in [-0.25, -0.2) is 0 Å². The molecule has 1 aliphatic rings. The third-order valence-electron chi connectivity index (χ3n) is 5.27. The van der Waals surface area contributed by atoms with E-state index in [1.165, 1.54) is 16.8 Å². The van der Waals surface area contributed by atoms with Crippen LogP contribution in [0.5, 0.6) is 0 Å². The van der Waals surface area contributed by atoms with Gasteiger partial charge in [0.15, 0.2) is 0 Å². The van der Waals surface area contributed by atoms with Crippen molar-refractivity contribution in [2.45, 2.75) is 20.3 Å². The van der Waals surface area contributed by atoms with Gasteiger partial charge in [-0.2, -0.15) is 5.26 Å². The molecule has 0 unspecified atom stereocenters. The van der Waals surface area contributed by atoms with Crippen LogP contribution >= 0.6 is 0 Å². The Kier molecular flexibility index (Phi) is 6.10. The molecule has 2 aromatic carbocycles. The third-order valence-corrected chi connectivity index (χ3v) is 5.27. The van der Waals surface area contributed by atoms with Crippen molar-refractivity contribution in [2.75, 3.05) is 42.9 Å². The zero-order valence-electron chi connectivity index (χ0n) is 16.0. The van der Waals surface area contributed by atoms with Crippen LogP contribution < -0.4 is 10.2 Å². The molecule has 0 aliphatic carbocycles. The van der Waals surface area contributed by atoms with Crippen molar-refractivity contribution in [3.8, 4) is 6.07 Å². The number of hydrogen-bond acceptors (Lipinski definition) is 4. The van der Waals surface area contributed by atoms with Crippen molar-refractivity contribution >= 4 is 17.3 Å². The van der Waals surface area contributed by atoms with E-state index in [9.17, 15) is 4.79 Å². The predicted octanol–water partition coefficient (Wildman–Crippen LogP) is 3.33. The van der Waals surface area contributed by atoms with Gasteiger partial charge in [0.1, 0.15) is 6.07 Å². The quantitative estimate of drug-likeness (QED) is 0.886. The van der Waals surface area contributed by atoms with E-state index in [4.69, 9.17) is 5.26 Å². The monoisotopic (exact) mass is 362 g/mol. The fourth-order valence-electron chi connectivity index (χ4n) is 3.45. The second-order valence-electron chi connectivity index (χ2n) is 7.00. The molecule has 1 amide bonds. The van der Waals surface area contributed by atoms with Gasteiger partial charge in [0.2, 0.25) is 5.91 Å². The number of rotatable bonds is 5. The summed E-state index contributed by atoms with van der Waals surface area (Å²) in [6, 6.07) is 15.7. The largest absolute Gasteiger partial charge is 0.369 e. The number of piperazine rings is 1. The highest BCUT2D eigenvalue weighted by molar-refractivity contribution is 5.92. The summed E-state index contributed by atoms with van der Waals surface area (Å²) in [5.74, 6) is -0.0466. The zero-order chi connectivity index (χ0) is 19.2. The van der Waals surface area contributed by atoms with Gasteiger partial charge in [-0.1, -0.05) is 24.3 Å². The number of para-hydroxylation sites is 1. The lowest BCUT2D eigenvalue weighted by atomic mass is 10.1. The molecular weight excluding hydrogens is 336 g/mol. The first kappa shape index (κ1) is 18.9. The van der Waals surface area contributed by atoms with Crippen LogP contribution in [0.2, 0.25) is 0 Å². The highest BCUT2D eigenvalue weighted by Gasteiger charge is 2.19. The molecule has 1 N–H and O–H groups in total. The van der Waals surface area contributed by atoms with Crippen molar-refractivity contribution in [1.29, 1.82) is 5.26 Å². The molecule has 140 valence electrons.